The molecule has 0 saturated carbocycles. The van der Waals surface area contributed by atoms with E-state index in [4.69, 9.17) is 4.98 Å². The minimum absolute atomic E-state index is 0.446. The Labute approximate surface area is 444 Å². The Morgan fingerprint density at radius 1 is 0.295 bits per heavy atom. The first kappa shape index (κ1) is 44.9. The van der Waals surface area contributed by atoms with E-state index in [1.807, 2.05) is 109 Å². The van der Waals surface area contributed by atoms with Gasteiger partial charge in [0, 0.05) is 48.7 Å². The average molecular weight is 994 g/mol. The van der Waals surface area contributed by atoms with Crippen LogP contribution in [0, 0.1) is 81.8 Å². The molecule has 11 nitrogen and oxygen atoms in total. The molecule has 11 heteroatoms. The fourth-order valence-electron chi connectivity index (χ4n) is 12.0. The molecule has 9 aromatic carbocycles. The minimum atomic E-state index is 0.446. The zero-order valence-corrected chi connectivity index (χ0v) is 41.7. The van der Waals surface area contributed by atoms with E-state index in [0.717, 1.165) is 109 Å². The molecule has 0 aliphatic carbocycles. The standard InChI is InChI=1S/C67H35N11/c1-38-23-39(2)25-46(24-38)63-64(75-57-17-11-40(32-68)26-49(57)50-27-41(33-69)12-18-58(50)75)66(77-55-9-5-3-7-47(55)48-8-4-6-10-56(48)77)74-67(78-61-21-15-44(36-72)30-53(61)54-31-45(37-73)16-22-62(54)78)65(63)76-59-19-13-42(34-70)28-51(59)52-29-43(35-71)14-20-60(52)76/h3-31H,1-2H3. The highest BCUT2D eigenvalue weighted by Crippen LogP contribution is 2.49. The zero-order chi connectivity index (χ0) is 53.1. The topological polar surface area (TPSA) is 175 Å². The summed E-state index contributed by atoms with van der Waals surface area (Å²) in [5, 5.41) is 69.0. The zero-order valence-electron chi connectivity index (χ0n) is 41.7. The third-order valence-corrected chi connectivity index (χ3v) is 15.1. The molecule has 0 spiro atoms. The fraction of sp³-hybridized carbons (Fsp3) is 0.0299. The largest absolute Gasteiger partial charge is 0.305 e. The van der Waals surface area contributed by atoms with Gasteiger partial charge in [0.15, 0.2) is 11.6 Å². The first-order valence-electron chi connectivity index (χ1n) is 25.0. The lowest BCUT2D eigenvalue weighted by molar-refractivity contribution is 0.961. The van der Waals surface area contributed by atoms with Crippen molar-refractivity contribution in [2.24, 2.45) is 0 Å². The van der Waals surface area contributed by atoms with Gasteiger partial charge in [-0.05, 0) is 141 Å². The minimum Gasteiger partial charge on any atom is -0.305 e. The lowest BCUT2D eigenvalue weighted by Gasteiger charge is -2.27. The Hall–Kier alpha value is -11.7. The van der Waals surface area contributed by atoms with Crippen LogP contribution in [-0.4, -0.2) is 23.3 Å². The molecule has 0 aliphatic rings. The smallest absolute Gasteiger partial charge is 0.165 e. The summed E-state index contributed by atoms with van der Waals surface area (Å²) in [4.78, 5) is 6.19. The number of rotatable bonds is 5. The lowest BCUT2D eigenvalue weighted by atomic mass is 9.97. The molecule has 0 N–H and O–H groups in total. The van der Waals surface area contributed by atoms with E-state index >= 15 is 0 Å². The summed E-state index contributed by atoms with van der Waals surface area (Å²) >= 11 is 0. The van der Waals surface area contributed by atoms with E-state index in [-0.39, 0.29) is 0 Å². The van der Waals surface area contributed by atoms with Crippen molar-refractivity contribution in [3.05, 3.63) is 220 Å². The number of aryl methyl sites for hydroxylation is 2. The predicted octanol–water partition coefficient (Wildman–Crippen LogP) is 15.0. The quantitative estimate of drug-likeness (QED) is 0.165. The molecule has 0 aliphatic heterocycles. The van der Waals surface area contributed by atoms with Crippen LogP contribution in [0.5, 0.6) is 0 Å². The van der Waals surface area contributed by atoms with Crippen molar-refractivity contribution in [1.82, 2.24) is 23.3 Å². The lowest BCUT2D eigenvalue weighted by Crippen LogP contribution is -2.16. The van der Waals surface area contributed by atoms with Gasteiger partial charge in [0.25, 0.3) is 0 Å². The van der Waals surface area contributed by atoms with Crippen LogP contribution < -0.4 is 0 Å². The Morgan fingerprint density at radius 3 is 0.859 bits per heavy atom. The second-order valence-electron chi connectivity index (χ2n) is 19.6. The number of nitriles is 6. The third-order valence-electron chi connectivity index (χ3n) is 15.1. The molecular weight excluding hydrogens is 959 g/mol. The van der Waals surface area contributed by atoms with Crippen molar-refractivity contribution in [1.29, 1.82) is 31.6 Å². The Bertz CT molecular complexity index is 5040. The maximum absolute atomic E-state index is 10.4. The first-order chi connectivity index (χ1) is 38.2. The van der Waals surface area contributed by atoms with Crippen LogP contribution in [0.2, 0.25) is 0 Å². The van der Waals surface area contributed by atoms with Gasteiger partial charge in [-0.15, -0.1) is 0 Å². The van der Waals surface area contributed by atoms with E-state index in [2.05, 4.69) is 111 Å². The van der Waals surface area contributed by atoms with E-state index in [1.54, 1.807) is 24.3 Å². The summed E-state index contributed by atoms with van der Waals surface area (Å²) in [5.74, 6) is 1.04. The van der Waals surface area contributed by atoms with Gasteiger partial charge in [-0.1, -0.05) is 65.7 Å². The summed E-state index contributed by atoms with van der Waals surface area (Å²) in [7, 11) is 0. The Kier molecular flexibility index (Phi) is 9.74. The Morgan fingerprint density at radius 2 is 0.564 bits per heavy atom. The van der Waals surface area contributed by atoms with Crippen LogP contribution in [-0.2, 0) is 0 Å². The first-order valence-corrected chi connectivity index (χ1v) is 25.0. The fourth-order valence-corrected chi connectivity index (χ4v) is 12.0. The highest BCUT2D eigenvalue weighted by atomic mass is 15.2. The van der Waals surface area contributed by atoms with Gasteiger partial charge in [0.05, 0.1) is 114 Å². The second-order valence-corrected chi connectivity index (χ2v) is 19.6. The highest BCUT2D eigenvalue weighted by molar-refractivity contribution is 6.16. The van der Waals surface area contributed by atoms with Gasteiger partial charge in [0.1, 0.15) is 11.4 Å². The van der Waals surface area contributed by atoms with Gasteiger partial charge < -0.3 is 9.13 Å². The van der Waals surface area contributed by atoms with Crippen LogP contribution in [0.3, 0.4) is 0 Å². The predicted molar refractivity (Wildman–Crippen MR) is 305 cm³/mol. The molecule has 0 atom stereocenters. The van der Waals surface area contributed by atoms with Crippen LogP contribution >= 0.6 is 0 Å². The number of pyridine rings is 1. The number of nitrogens with zero attached hydrogens (tertiary/aromatic N) is 11. The molecule has 0 fully saturated rings. The maximum Gasteiger partial charge on any atom is 0.165 e. The van der Waals surface area contributed by atoms with Gasteiger partial charge in [-0.25, -0.2) is 4.98 Å². The Balaban J connectivity index is 1.34. The van der Waals surface area contributed by atoms with E-state index < -0.39 is 0 Å². The molecule has 14 aromatic rings. The number of hydrogen-bond acceptors (Lipinski definition) is 7. The molecule has 5 heterocycles. The van der Waals surface area contributed by atoms with Gasteiger partial charge >= 0.3 is 0 Å². The summed E-state index contributed by atoms with van der Waals surface area (Å²) in [6.45, 7) is 4.16. The molecule has 0 unspecified atom stereocenters. The number of fused-ring (bicyclic) bond motifs is 12. The number of para-hydroxylation sites is 2. The van der Waals surface area contributed by atoms with Crippen molar-refractivity contribution in [3.63, 3.8) is 0 Å². The molecule has 78 heavy (non-hydrogen) atoms. The summed E-state index contributed by atoms with van der Waals surface area (Å²) < 4.78 is 8.77. The molecule has 358 valence electrons. The van der Waals surface area contributed by atoms with E-state index in [9.17, 15) is 31.6 Å². The van der Waals surface area contributed by atoms with Crippen molar-refractivity contribution < 1.29 is 0 Å². The molecule has 0 amide bonds. The third kappa shape index (κ3) is 6.41. The van der Waals surface area contributed by atoms with Crippen molar-refractivity contribution in [2.75, 3.05) is 0 Å². The van der Waals surface area contributed by atoms with Gasteiger partial charge in [0.2, 0.25) is 0 Å². The second kappa shape index (κ2) is 16.9. The summed E-state index contributed by atoms with van der Waals surface area (Å²) in [6.07, 6.45) is 0. The number of benzene rings is 9. The molecule has 0 bridgehead atoms. The number of aromatic nitrogens is 5. The molecular formula is C67H35N11. The van der Waals surface area contributed by atoms with Gasteiger partial charge in [-0.2, -0.15) is 31.6 Å². The molecule has 0 radical (unpaired) electrons. The summed E-state index contributed by atoms with van der Waals surface area (Å²) in [6, 6.07) is 71.0. The molecule has 14 rings (SSSR count). The van der Waals surface area contributed by atoms with Crippen LogP contribution in [0.15, 0.2) is 176 Å². The average Bonchev–Trinajstić information content (AvgIpc) is 4.37. The van der Waals surface area contributed by atoms with Crippen molar-refractivity contribution in [3.8, 4) is 70.6 Å². The van der Waals surface area contributed by atoms with Gasteiger partial charge in [-0.3, -0.25) is 9.13 Å². The van der Waals surface area contributed by atoms with E-state index in [1.165, 1.54) is 0 Å². The monoisotopic (exact) mass is 993 g/mol. The normalized spacial score (nSPS) is 11.4. The number of hydrogen-bond donors (Lipinski definition) is 0. The van der Waals surface area contributed by atoms with Crippen molar-refractivity contribution in [2.45, 2.75) is 13.8 Å². The van der Waals surface area contributed by atoms with Crippen LogP contribution in [0.4, 0.5) is 0 Å². The van der Waals surface area contributed by atoms with Crippen LogP contribution in [0.1, 0.15) is 44.5 Å². The summed E-state index contributed by atoms with van der Waals surface area (Å²) in [5.41, 5.74) is 13.8. The molecule has 5 aromatic heterocycles. The highest BCUT2D eigenvalue weighted by Gasteiger charge is 2.33. The molecule has 0 saturated heterocycles. The van der Waals surface area contributed by atoms with Crippen LogP contribution in [0.25, 0.3) is 121 Å². The van der Waals surface area contributed by atoms with E-state index in [0.29, 0.717) is 56.4 Å². The van der Waals surface area contributed by atoms with Crippen molar-refractivity contribution >= 4 is 87.2 Å². The SMILES string of the molecule is Cc1cc(C)cc(-c2c(-n3c4ccc(C#N)cc4c4cc(C#N)ccc43)c(-n3c4ccccc4c4ccccc43)nc(-n3c4ccc(C#N)cc4c4cc(C#N)ccc43)c2-n2c3ccc(C#N)cc3c3cc(C#N)ccc32)c1. The maximum atomic E-state index is 10.4.